The predicted molar refractivity (Wildman–Crippen MR) is 58.1 cm³/mol. The third-order valence-corrected chi connectivity index (χ3v) is 5.37. The molecule has 1 saturated heterocycles. The second kappa shape index (κ2) is 3.65. The highest BCUT2D eigenvalue weighted by molar-refractivity contribution is 14.1. The molecule has 1 aliphatic rings. The quantitative estimate of drug-likeness (QED) is 0.520. The molecular formula is C8H15IS. The van der Waals surface area contributed by atoms with Crippen molar-refractivity contribution in [1.29, 1.82) is 0 Å². The van der Waals surface area contributed by atoms with Crippen LogP contribution >= 0.6 is 34.4 Å². The van der Waals surface area contributed by atoms with E-state index in [0.717, 1.165) is 3.92 Å². The lowest BCUT2D eigenvalue weighted by atomic mass is 9.85. The van der Waals surface area contributed by atoms with E-state index in [2.05, 4.69) is 48.2 Å². The second-order valence-electron chi connectivity index (χ2n) is 3.43. The average Bonchev–Trinajstić information content (AvgIpc) is 1.89. The highest BCUT2D eigenvalue weighted by Crippen LogP contribution is 2.39. The Morgan fingerprint density at radius 1 is 1.60 bits per heavy atom. The summed E-state index contributed by atoms with van der Waals surface area (Å²) in [6, 6.07) is 0. The minimum Gasteiger partial charge on any atom is -0.161 e. The standard InChI is InChI=1S/C8H15IS/c1-7(9)8(2)4-3-5-10-6-8/h7H,3-6H2,1-2H3. The van der Waals surface area contributed by atoms with E-state index >= 15 is 0 Å². The molecule has 2 unspecified atom stereocenters. The van der Waals surface area contributed by atoms with E-state index in [4.69, 9.17) is 0 Å². The van der Waals surface area contributed by atoms with Gasteiger partial charge >= 0.3 is 0 Å². The first-order valence-corrected chi connectivity index (χ1v) is 6.27. The molecule has 0 bridgehead atoms. The summed E-state index contributed by atoms with van der Waals surface area (Å²) in [6.45, 7) is 4.77. The van der Waals surface area contributed by atoms with Gasteiger partial charge in [-0.1, -0.05) is 36.4 Å². The number of hydrogen-bond acceptors (Lipinski definition) is 1. The Hall–Kier alpha value is 1.08. The van der Waals surface area contributed by atoms with Crippen LogP contribution in [0.5, 0.6) is 0 Å². The van der Waals surface area contributed by atoms with E-state index in [9.17, 15) is 0 Å². The second-order valence-corrected chi connectivity index (χ2v) is 6.40. The van der Waals surface area contributed by atoms with Gasteiger partial charge in [0.05, 0.1) is 0 Å². The van der Waals surface area contributed by atoms with Crippen LogP contribution in [-0.2, 0) is 0 Å². The predicted octanol–water partition coefficient (Wildman–Crippen LogP) is 3.34. The molecule has 0 aliphatic carbocycles. The molecule has 0 N–H and O–H groups in total. The molecule has 0 aromatic carbocycles. The van der Waals surface area contributed by atoms with E-state index < -0.39 is 0 Å². The zero-order valence-electron chi connectivity index (χ0n) is 6.69. The molecule has 0 aromatic heterocycles. The molecule has 0 amide bonds. The van der Waals surface area contributed by atoms with Crippen molar-refractivity contribution in [3.05, 3.63) is 0 Å². The molecule has 1 fully saturated rings. The van der Waals surface area contributed by atoms with Gasteiger partial charge in [-0.05, 0) is 29.8 Å². The van der Waals surface area contributed by atoms with Gasteiger partial charge < -0.3 is 0 Å². The molecule has 0 nitrogen and oxygen atoms in total. The van der Waals surface area contributed by atoms with Crippen molar-refractivity contribution in [3.63, 3.8) is 0 Å². The van der Waals surface area contributed by atoms with Gasteiger partial charge in [0, 0.05) is 3.92 Å². The summed E-state index contributed by atoms with van der Waals surface area (Å²) in [5, 5.41) is 0. The first-order valence-electron chi connectivity index (χ1n) is 3.87. The minimum atomic E-state index is 0.628. The third kappa shape index (κ3) is 2.03. The molecule has 2 heteroatoms. The Morgan fingerprint density at radius 3 is 2.60 bits per heavy atom. The Balaban J connectivity index is 2.48. The molecule has 0 spiro atoms. The SMILES string of the molecule is CC(I)C1(C)CCCSC1. The average molecular weight is 270 g/mol. The van der Waals surface area contributed by atoms with Crippen LogP contribution in [0.2, 0.25) is 0 Å². The number of halogens is 1. The van der Waals surface area contributed by atoms with Gasteiger partial charge in [0.15, 0.2) is 0 Å². The van der Waals surface area contributed by atoms with Gasteiger partial charge in [-0.2, -0.15) is 11.8 Å². The molecule has 0 radical (unpaired) electrons. The van der Waals surface area contributed by atoms with Gasteiger partial charge in [-0.3, -0.25) is 0 Å². The van der Waals surface area contributed by atoms with Crippen LogP contribution in [0, 0.1) is 5.41 Å². The van der Waals surface area contributed by atoms with Crippen LogP contribution in [0.1, 0.15) is 26.7 Å². The van der Waals surface area contributed by atoms with E-state index in [0.29, 0.717) is 5.41 Å². The maximum atomic E-state index is 2.57. The highest BCUT2D eigenvalue weighted by Gasteiger charge is 2.31. The molecule has 0 saturated carbocycles. The van der Waals surface area contributed by atoms with Crippen molar-refractivity contribution in [2.45, 2.75) is 30.6 Å². The maximum absolute atomic E-state index is 2.57. The topological polar surface area (TPSA) is 0 Å². The zero-order chi connectivity index (χ0) is 7.61. The molecule has 1 rings (SSSR count). The van der Waals surface area contributed by atoms with Crippen LogP contribution in [0.4, 0.5) is 0 Å². The van der Waals surface area contributed by atoms with Crippen LogP contribution in [0.25, 0.3) is 0 Å². The van der Waals surface area contributed by atoms with Crippen molar-refractivity contribution in [2.75, 3.05) is 11.5 Å². The van der Waals surface area contributed by atoms with E-state index in [-0.39, 0.29) is 0 Å². The van der Waals surface area contributed by atoms with Crippen LogP contribution < -0.4 is 0 Å². The van der Waals surface area contributed by atoms with Crippen molar-refractivity contribution in [3.8, 4) is 0 Å². The fraction of sp³-hybridized carbons (Fsp3) is 1.00. The third-order valence-electron chi connectivity index (χ3n) is 2.43. The summed E-state index contributed by atoms with van der Waals surface area (Å²) < 4.78 is 0.831. The van der Waals surface area contributed by atoms with Crippen molar-refractivity contribution in [2.24, 2.45) is 5.41 Å². The first kappa shape index (κ1) is 9.17. The number of alkyl halides is 1. The lowest BCUT2D eigenvalue weighted by molar-refractivity contribution is 0.341. The summed E-state index contributed by atoms with van der Waals surface area (Å²) in [5.41, 5.74) is 0.628. The Morgan fingerprint density at radius 2 is 2.30 bits per heavy atom. The largest absolute Gasteiger partial charge is 0.161 e. The Labute approximate surface area is 81.7 Å². The van der Waals surface area contributed by atoms with Crippen molar-refractivity contribution < 1.29 is 0 Å². The number of hydrogen-bond donors (Lipinski definition) is 0. The Kier molecular flexibility index (Phi) is 3.35. The van der Waals surface area contributed by atoms with Crippen molar-refractivity contribution in [1.82, 2.24) is 0 Å². The van der Waals surface area contributed by atoms with Crippen molar-refractivity contribution >= 4 is 34.4 Å². The summed E-state index contributed by atoms with van der Waals surface area (Å²) in [4.78, 5) is 0. The number of thioether (sulfide) groups is 1. The normalized spacial score (nSPS) is 37.5. The maximum Gasteiger partial charge on any atom is 0.0143 e. The summed E-state index contributed by atoms with van der Waals surface area (Å²) >= 11 is 4.69. The molecule has 60 valence electrons. The van der Waals surface area contributed by atoms with Crippen LogP contribution in [0.3, 0.4) is 0 Å². The van der Waals surface area contributed by atoms with Gasteiger partial charge in [0.25, 0.3) is 0 Å². The van der Waals surface area contributed by atoms with Crippen LogP contribution in [-0.4, -0.2) is 15.4 Å². The lowest BCUT2D eigenvalue weighted by Gasteiger charge is -2.35. The Bertz CT molecular complexity index is 106. The summed E-state index contributed by atoms with van der Waals surface area (Å²) in [6.07, 6.45) is 2.86. The molecular weight excluding hydrogens is 255 g/mol. The van der Waals surface area contributed by atoms with Gasteiger partial charge in [-0.25, -0.2) is 0 Å². The molecule has 2 atom stereocenters. The monoisotopic (exact) mass is 270 g/mol. The first-order chi connectivity index (χ1) is 4.65. The highest BCUT2D eigenvalue weighted by atomic mass is 127. The van der Waals surface area contributed by atoms with E-state index in [1.165, 1.54) is 24.3 Å². The molecule has 1 aliphatic heterocycles. The smallest absolute Gasteiger partial charge is 0.0143 e. The molecule has 10 heavy (non-hydrogen) atoms. The minimum absolute atomic E-state index is 0.628. The van der Waals surface area contributed by atoms with E-state index in [1.807, 2.05) is 0 Å². The summed E-state index contributed by atoms with van der Waals surface area (Å²) in [5.74, 6) is 2.76. The number of rotatable bonds is 1. The van der Waals surface area contributed by atoms with Gasteiger partial charge in [0.2, 0.25) is 0 Å². The van der Waals surface area contributed by atoms with Gasteiger partial charge in [0.1, 0.15) is 0 Å². The lowest BCUT2D eigenvalue weighted by Crippen LogP contribution is -2.31. The summed E-state index contributed by atoms with van der Waals surface area (Å²) in [7, 11) is 0. The van der Waals surface area contributed by atoms with Gasteiger partial charge in [-0.15, -0.1) is 0 Å². The zero-order valence-corrected chi connectivity index (χ0v) is 9.67. The fourth-order valence-electron chi connectivity index (χ4n) is 1.27. The molecule has 0 aromatic rings. The molecule has 1 heterocycles. The van der Waals surface area contributed by atoms with E-state index in [1.54, 1.807) is 0 Å². The fourth-order valence-corrected chi connectivity index (χ4v) is 3.45. The van der Waals surface area contributed by atoms with Crippen LogP contribution in [0.15, 0.2) is 0 Å².